The molecule has 0 bridgehead atoms. The van der Waals surface area contributed by atoms with Crippen molar-refractivity contribution >= 4 is 5.69 Å². The zero-order chi connectivity index (χ0) is 13.9. The highest BCUT2D eigenvalue weighted by atomic mass is 19.1. The number of benzene rings is 1. The SMILES string of the molecule is CCC1CCCN(c2cc(F)cc(CNC3CC3)c2)C1. The third kappa shape index (κ3) is 3.51. The van der Waals surface area contributed by atoms with Gasteiger partial charge in [0, 0.05) is 31.4 Å². The summed E-state index contributed by atoms with van der Waals surface area (Å²) in [6, 6.07) is 6.19. The molecule has 1 N–H and O–H groups in total. The fraction of sp³-hybridized carbons (Fsp3) is 0.647. The Labute approximate surface area is 121 Å². The molecule has 1 aromatic carbocycles. The van der Waals surface area contributed by atoms with Crippen molar-refractivity contribution in [2.45, 2.75) is 51.6 Å². The number of nitrogens with zero attached hydrogens (tertiary/aromatic N) is 1. The zero-order valence-electron chi connectivity index (χ0n) is 12.4. The van der Waals surface area contributed by atoms with Crippen LogP contribution < -0.4 is 10.2 Å². The van der Waals surface area contributed by atoms with Crippen molar-refractivity contribution < 1.29 is 4.39 Å². The summed E-state index contributed by atoms with van der Waals surface area (Å²) in [4.78, 5) is 2.36. The minimum Gasteiger partial charge on any atom is -0.371 e. The van der Waals surface area contributed by atoms with Crippen LogP contribution in [0.1, 0.15) is 44.6 Å². The lowest BCUT2D eigenvalue weighted by Gasteiger charge is -2.34. The van der Waals surface area contributed by atoms with Gasteiger partial charge in [-0.15, -0.1) is 0 Å². The molecule has 110 valence electrons. The lowest BCUT2D eigenvalue weighted by atomic mass is 9.95. The van der Waals surface area contributed by atoms with Gasteiger partial charge in [-0.3, -0.25) is 0 Å². The van der Waals surface area contributed by atoms with Gasteiger partial charge < -0.3 is 10.2 Å². The van der Waals surface area contributed by atoms with E-state index in [0.717, 1.165) is 36.8 Å². The van der Waals surface area contributed by atoms with Crippen LogP contribution in [0.3, 0.4) is 0 Å². The molecule has 3 heteroatoms. The summed E-state index contributed by atoms with van der Waals surface area (Å²) < 4.78 is 13.8. The van der Waals surface area contributed by atoms with Crippen LogP contribution in [0, 0.1) is 11.7 Å². The largest absolute Gasteiger partial charge is 0.371 e. The van der Waals surface area contributed by atoms with Crippen LogP contribution in [-0.4, -0.2) is 19.1 Å². The topological polar surface area (TPSA) is 15.3 Å². The van der Waals surface area contributed by atoms with E-state index in [1.165, 1.54) is 32.1 Å². The molecule has 1 aliphatic heterocycles. The molecule has 2 fully saturated rings. The minimum atomic E-state index is -0.103. The first-order chi connectivity index (χ1) is 9.74. The number of rotatable bonds is 5. The van der Waals surface area contributed by atoms with E-state index in [0.29, 0.717) is 6.04 Å². The number of hydrogen-bond donors (Lipinski definition) is 1. The smallest absolute Gasteiger partial charge is 0.125 e. The average molecular weight is 276 g/mol. The van der Waals surface area contributed by atoms with Gasteiger partial charge in [0.2, 0.25) is 0 Å². The lowest BCUT2D eigenvalue weighted by molar-refractivity contribution is 0.404. The Hall–Kier alpha value is -1.09. The van der Waals surface area contributed by atoms with E-state index >= 15 is 0 Å². The van der Waals surface area contributed by atoms with Gasteiger partial charge in [0.25, 0.3) is 0 Å². The summed E-state index contributed by atoms with van der Waals surface area (Å²) >= 11 is 0. The molecule has 0 aromatic heterocycles. The Kier molecular flexibility index (Phi) is 4.25. The fourth-order valence-corrected chi connectivity index (χ4v) is 3.10. The lowest BCUT2D eigenvalue weighted by Crippen LogP contribution is -2.35. The van der Waals surface area contributed by atoms with E-state index < -0.39 is 0 Å². The van der Waals surface area contributed by atoms with Crippen LogP contribution >= 0.6 is 0 Å². The number of anilines is 1. The summed E-state index contributed by atoms with van der Waals surface area (Å²) in [6.07, 6.45) is 6.31. The van der Waals surface area contributed by atoms with Crippen molar-refractivity contribution in [1.29, 1.82) is 0 Å². The Morgan fingerprint density at radius 1 is 1.25 bits per heavy atom. The van der Waals surface area contributed by atoms with Gasteiger partial charge in [0.15, 0.2) is 0 Å². The number of halogens is 1. The van der Waals surface area contributed by atoms with Crippen molar-refractivity contribution in [3.63, 3.8) is 0 Å². The molecular formula is C17H25FN2. The normalized spacial score (nSPS) is 23.1. The molecule has 20 heavy (non-hydrogen) atoms. The van der Waals surface area contributed by atoms with Crippen molar-refractivity contribution in [2.75, 3.05) is 18.0 Å². The van der Waals surface area contributed by atoms with E-state index in [4.69, 9.17) is 0 Å². The molecule has 1 unspecified atom stereocenters. The standard InChI is InChI=1S/C17H25FN2/c1-2-13-4-3-7-20(12-13)17-9-14(8-15(18)10-17)11-19-16-5-6-16/h8-10,13,16,19H,2-7,11-12H2,1H3. The van der Waals surface area contributed by atoms with E-state index in [9.17, 15) is 4.39 Å². The van der Waals surface area contributed by atoms with E-state index in [-0.39, 0.29) is 5.82 Å². The zero-order valence-corrected chi connectivity index (χ0v) is 12.4. The van der Waals surface area contributed by atoms with Gasteiger partial charge in [0.1, 0.15) is 5.82 Å². The summed E-state index contributed by atoms with van der Waals surface area (Å²) in [5, 5.41) is 3.47. The van der Waals surface area contributed by atoms with Gasteiger partial charge in [-0.1, -0.05) is 13.3 Å². The molecule has 1 atom stereocenters. The second-order valence-electron chi connectivity index (χ2n) is 6.34. The number of piperidine rings is 1. The van der Waals surface area contributed by atoms with Crippen LogP contribution in [0.25, 0.3) is 0 Å². The highest BCUT2D eigenvalue weighted by Gasteiger charge is 2.21. The van der Waals surface area contributed by atoms with Crippen LogP contribution in [0.4, 0.5) is 10.1 Å². The quantitative estimate of drug-likeness (QED) is 0.882. The van der Waals surface area contributed by atoms with Gasteiger partial charge in [0.05, 0.1) is 0 Å². The molecule has 3 rings (SSSR count). The van der Waals surface area contributed by atoms with Crippen LogP contribution in [0.15, 0.2) is 18.2 Å². The molecule has 1 saturated carbocycles. The van der Waals surface area contributed by atoms with Gasteiger partial charge in [-0.25, -0.2) is 4.39 Å². The maximum Gasteiger partial charge on any atom is 0.125 e. The molecular weight excluding hydrogens is 251 g/mol. The van der Waals surface area contributed by atoms with E-state index in [1.807, 2.05) is 0 Å². The molecule has 1 aromatic rings. The minimum absolute atomic E-state index is 0.103. The van der Waals surface area contributed by atoms with Crippen LogP contribution in [-0.2, 0) is 6.54 Å². The Morgan fingerprint density at radius 2 is 2.10 bits per heavy atom. The summed E-state index contributed by atoms with van der Waals surface area (Å²) in [5.74, 6) is 0.661. The van der Waals surface area contributed by atoms with E-state index in [2.05, 4.69) is 23.2 Å². The van der Waals surface area contributed by atoms with E-state index in [1.54, 1.807) is 12.1 Å². The number of nitrogens with one attached hydrogen (secondary N) is 1. The average Bonchev–Trinajstić information content (AvgIpc) is 3.29. The first-order valence-electron chi connectivity index (χ1n) is 8.02. The molecule has 0 spiro atoms. The summed E-state index contributed by atoms with van der Waals surface area (Å²) in [6.45, 7) is 5.19. The first-order valence-corrected chi connectivity index (χ1v) is 8.02. The highest BCUT2D eigenvalue weighted by Crippen LogP contribution is 2.27. The molecule has 0 radical (unpaired) electrons. The Bertz CT molecular complexity index is 456. The predicted octanol–water partition coefficient (Wildman–Crippen LogP) is 3.70. The third-order valence-electron chi connectivity index (χ3n) is 4.58. The molecule has 0 amide bonds. The third-order valence-corrected chi connectivity index (χ3v) is 4.58. The highest BCUT2D eigenvalue weighted by molar-refractivity contribution is 5.49. The number of hydrogen-bond acceptors (Lipinski definition) is 2. The molecule has 1 aliphatic carbocycles. The maximum absolute atomic E-state index is 13.8. The monoisotopic (exact) mass is 276 g/mol. The first kappa shape index (κ1) is 13.9. The summed E-state index contributed by atoms with van der Waals surface area (Å²) in [5.41, 5.74) is 2.14. The van der Waals surface area contributed by atoms with Crippen LogP contribution in [0.5, 0.6) is 0 Å². The summed E-state index contributed by atoms with van der Waals surface area (Å²) in [7, 11) is 0. The van der Waals surface area contributed by atoms with Crippen molar-refractivity contribution in [3.05, 3.63) is 29.6 Å². The maximum atomic E-state index is 13.8. The van der Waals surface area contributed by atoms with Crippen molar-refractivity contribution in [1.82, 2.24) is 5.32 Å². The van der Waals surface area contributed by atoms with Gasteiger partial charge in [-0.2, -0.15) is 0 Å². The van der Waals surface area contributed by atoms with Crippen molar-refractivity contribution in [3.8, 4) is 0 Å². The molecule has 2 aliphatic rings. The van der Waals surface area contributed by atoms with Gasteiger partial charge >= 0.3 is 0 Å². The Balaban J connectivity index is 1.70. The second-order valence-corrected chi connectivity index (χ2v) is 6.34. The van der Waals surface area contributed by atoms with Crippen molar-refractivity contribution in [2.24, 2.45) is 5.92 Å². The molecule has 1 heterocycles. The van der Waals surface area contributed by atoms with Crippen LogP contribution in [0.2, 0.25) is 0 Å². The second kappa shape index (κ2) is 6.13. The predicted molar refractivity (Wildman–Crippen MR) is 81.5 cm³/mol. The molecule has 2 nitrogen and oxygen atoms in total. The van der Waals surface area contributed by atoms with Gasteiger partial charge in [-0.05, 0) is 55.4 Å². The molecule has 1 saturated heterocycles. The fourth-order valence-electron chi connectivity index (χ4n) is 3.10. The Morgan fingerprint density at radius 3 is 2.85 bits per heavy atom.